The molecule has 1 aromatic carbocycles. The molecule has 0 saturated heterocycles. The topological polar surface area (TPSA) is 56.5 Å². The Hall–Kier alpha value is -1.10. The van der Waals surface area contributed by atoms with Gasteiger partial charge >= 0.3 is 0 Å². The van der Waals surface area contributed by atoms with E-state index in [1.54, 1.807) is 7.11 Å². The smallest absolute Gasteiger partial charge is 0.127 e. The van der Waals surface area contributed by atoms with E-state index in [1.807, 2.05) is 0 Å². The molecule has 4 heteroatoms. The van der Waals surface area contributed by atoms with Crippen LogP contribution in [-0.2, 0) is 11.2 Å². The molecule has 0 aliphatic carbocycles. The van der Waals surface area contributed by atoms with E-state index in [9.17, 15) is 0 Å². The van der Waals surface area contributed by atoms with Crippen LogP contribution in [0, 0.1) is 0 Å². The average Bonchev–Trinajstić information content (AvgIpc) is 2.88. The van der Waals surface area contributed by atoms with Crippen LogP contribution in [0.2, 0.25) is 0 Å². The molecule has 0 amide bonds. The average molecular weight is 250 g/mol. The standard InChI is InChI=1S/C14H22N2O2/c1-10(17-2)6-7-13(16-15)12-5-3-4-11-8-9-18-14(11)12/h3-5,10,13,16H,6-9,15H2,1-2H3. The molecular formula is C14H22N2O2. The third kappa shape index (κ3) is 2.83. The van der Waals surface area contributed by atoms with Crippen molar-refractivity contribution in [1.82, 2.24) is 5.43 Å². The molecule has 0 spiro atoms. The molecule has 0 radical (unpaired) electrons. The quantitative estimate of drug-likeness (QED) is 0.598. The summed E-state index contributed by atoms with van der Waals surface area (Å²) in [5, 5.41) is 0. The van der Waals surface area contributed by atoms with E-state index in [-0.39, 0.29) is 12.1 Å². The maximum absolute atomic E-state index is 5.72. The number of rotatable bonds is 6. The second kappa shape index (κ2) is 6.18. The lowest BCUT2D eigenvalue weighted by atomic mass is 9.98. The van der Waals surface area contributed by atoms with Gasteiger partial charge in [0, 0.05) is 25.1 Å². The summed E-state index contributed by atoms with van der Waals surface area (Å²) in [5.41, 5.74) is 5.34. The predicted molar refractivity (Wildman–Crippen MR) is 71.4 cm³/mol. The van der Waals surface area contributed by atoms with Gasteiger partial charge in [-0.05, 0) is 25.3 Å². The van der Waals surface area contributed by atoms with Crippen LogP contribution in [0.3, 0.4) is 0 Å². The first-order valence-corrected chi connectivity index (χ1v) is 6.49. The zero-order chi connectivity index (χ0) is 13.0. The number of fused-ring (bicyclic) bond motifs is 1. The Bertz CT molecular complexity index is 395. The van der Waals surface area contributed by atoms with Crippen molar-refractivity contribution in [2.75, 3.05) is 13.7 Å². The van der Waals surface area contributed by atoms with E-state index < -0.39 is 0 Å². The Morgan fingerprint density at radius 3 is 3.00 bits per heavy atom. The summed E-state index contributed by atoms with van der Waals surface area (Å²) >= 11 is 0. The molecule has 0 bridgehead atoms. The van der Waals surface area contributed by atoms with E-state index in [1.165, 1.54) is 5.56 Å². The first-order valence-electron chi connectivity index (χ1n) is 6.49. The number of hydrazine groups is 1. The van der Waals surface area contributed by atoms with Gasteiger partial charge in [0.2, 0.25) is 0 Å². The number of hydrogen-bond acceptors (Lipinski definition) is 4. The molecule has 1 heterocycles. The molecule has 3 N–H and O–H groups in total. The lowest BCUT2D eigenvalue weighted by Crippen LogP contribution is -2.29. The van der Waals surface area contributed by atoms with Crippen molar-refractivity contribution in [3.8, 4) is 5.75 Å². The number of hydrogen-bond donors (Lipinski definition) is 2. The molecule has 1 aromatic rings. The summed E-state index contributed by atoms with van der Waals surface area (Å²) in [5.74, 6) is 6.70. The van der Waals surface area contributed by atoms with E-state index >= 15 is 0 Å². The fourth-order valence-electron chi connectivity index (χ4n) is 2.36. The highest BCUT2D eigenvalue weighted by Gasteiger charge is 2.21. The fraction of sp³-hybridized carbons (Fsp3) is 0.571. The SMILES string of the molecule is COC(C)CCC(NN)c1cccc2c1OCC2. The second-order valence-electron chi connectivity index (χ2n) is 4.78. The second-order valence-corrected chi connectivity index (χ2v) is 4.78. The zero-order valence-corrected chi connectivity index (χ0v) is 11.1. The number of ether oxygens (including phenoxy) is 2. The summed E-state index contributed by atoms with van der Waals surface area (Å²) in [4.78, 5) is 0. The van der Waals surface area contributed by atoms with Crippen LogP contribution >= 0.6 is 0 Å². The van der Waals surface area contributed by atoms with Crippen molar-refractivity contribution >= 4 is 0 Å². The third-order valence-electron chi connectivity index (χ3n) is 3.59. The fourth-order valence-corrected chi connectivity index (χ4v) is 2.36. The van der Waals surface area contributed by atoms with Gasteiger partial charge in [-0.2, -0.15) is 0 Å². The first kappa shape index (κ1) is 13.3. The molecule has 0 aromatic heterocycles. The minimum atomic E-state index is 0.121. The van der Waals surface area contributed by atoms with E-state index in [2.05, 4.69) is 30.5 Å². The van der Waals surface area contributed by atoms with Gasteiger partial charge in [0.15, 0.2) is 0 Å². The van der Waals surface area contributed by atoms with Gasteiger partial charge in [0.1, 0.15) is 5.75 Å². The van der Waals surface area contributed by atoms with Crippen molar-refractivity contribution in [1.29, 1.82) is 0 Å². The van der Waals surface area contributed by atoms with Crippen LogP contribution in [0.15, 0.2) is 18.2 Å². The maximum atomic E-state index is 5.72. The van der Waals surface area contributed by atoms with Crippen molar-refractivity contribution in [3.63, 3.8) is 0 Å². The van der Waals surface area contributed by atoms with Gasteiger partial charge in [0.05, 0.1) is 12.7 Å². The summed E-state index contributed by atoms with van der Waals surface area (Å²) < 4.78 is 11.0. The van der Waals surface area contributed by atoms with Crippen LogP contribution in [0.25, 0.3) is 0 Å². The number of nitrogens with two attached hydrogens (primary N) is 1. The van der Waals surface area contributed by atoms with Crippen LogP contribution in [0.5, 0.6) is 5.75 Å². The molecule has 2 unspecified atom stereocenters. The highest BCUT2D eigenvalue weighted by molar-refractivity contribution is 5.45. The number of para-hydroxylation sites is 1. The van der Waals surface area contributed by atoms with Crippen molar-refractivity contribution in [3.05, 3.63) is 29.3 Å². The summed E-state index contributed by atoms with van der Waals surface area (Å²) in [6, 6.07) is 6.41. The Morgan fingerprint density at radius 2 is 2.28 bits per heavy atom. The highest BCUT2D eigenvalue weighted by Crippen LogP contribution is 2.34. The monoisotopic (exact) mass is 250 g/mol. The lowest BCUT2D eigenvalue weighted by molar-refractivity contribution is 0.106. The zero-order valence-electron chi connectivity index (χ0n) is 11.1. The van der Waals surface area contributed by atoms with Crippen LogP contribution in [0.1, 0.15) is 36.9 Å². The third-order valence-corrected chi connectivity index (χ3v) is 3.59. The molecule has 0 fully saturated rings. The molecule has 1 aliphatic rings. The Labute approximate surface area is 108 Å². The number of methoxy groups -OCH3 is 1. The van der Waals surface area contributed by atoms with E-state index in [0.717, 1.165) is 37.2 Å². The molecule has 2 atom stereocenters. The van der Waals surface area contributed by atoms with E-state index in [0.29, 0.717) is 0 Å². The minimum Gasteiger partial charge on any atom is -0.493 e. The van der Waals surface area contributed by atoms with Crippen LogP contribution < -0.4 is 16.0 Å². The molecule has 100 valence electrons. The Balaban J connectivity index is 2.10. The summed E-state index contributed by atoms with van der Waals surface area (Å²) in [6.45, 7) is 2.84. The van der Waals surface area contributed by atoms with Gasteiger partial charge in [-0.1, -0.05) is 18.2 Å². The molecule has 4 nitrogen and oxygen atoms in total. The molecule has 2 rings (SSSR count). The summed E-state index contributed by atoms with van der Waals surface area (Å²) in [7, 11) is 1.73. The Morgan fingerprint density at radius 1 is 1.44 bits per heavy atom. The van der Waals surface area contributed by atoms with Crippen molar-refractivity contribution in [2.24, 2.45) is 5.84 Å². The van der Waals surface area contributed by atoms with Crippen LogP contribution in [0.4, 0.5) is 0 Å². The van der Waals surface area contributed by atoms with Crippen molar-refractivity contribution < 1.29 is 9.47 Å². The summed E-state index contributed by atoms with van der Waals surface area (Å²) in [6.07, 6.45) is 3.15. The van der Waals surface area contributed by atoms with Gasteiger partial charge in [-0.25, -0.2) is 0 Å². The lowest BCUT2D eigenvalue weighted by Gasteiger charge is -2.20. The molecule has 0 saturated carbocycles. The Kier molecular flexibility index (Phi) is 4.58. The van der Waals surface area contributed by atoms with E-state index in [4.69, 9.17) is 15.3 Å². The van der Waals surface area contributed by atoms with Crippen molar-refractivity contribution in [2.45, 2.75) is 38.3 Å². The van der Waals surface area contributed by atoms with Gasteiger partial charge in [-0.15, -0.1) is 0 Å². The normalized spacial score (nSPS) is 17.1. The highest BCUT2D eigenvalue weighted by atomic mass is 16.5. The molecule has 18 heavy (non-hydrogen) atoms. The largest absolute Gasteiger partial charge is 0.493 e. The maximum Gasteiger partial charge on any atom is 0.127 e. The van der Waals surface area contributed by atoms with Gasteiger partial charge in [-0.3, -0.25) is 11.3 Å². The van der Waals surface area contributed by atoms with Crippen LogP contribution in [-0.4, -0.2) is 19.8 Å². The van der Waals surface area contributed by atoms with Gasteiger partial charge in [0.25, 0.3) is 0 Å². The minimum absolute atomic E-state index is 0.121. The van der Waals surface area contributed by atoms with Gasteiger partial charge < -0.3 is 9.47 Å². The molecular weight excluding hydrogens is 228 g/mol. The number of benzene rings is 1. The molecule has 1 aliphatic heterocycles. The predicted octanol–water partition coefficient (Wildman–Crippen LogP) is 1.94. The first-order chi connectivity index (χ1) is 8.76. The number of nitrogens with one attached hydrogen (secondary N) is 1.